The number of carboxylic acids is 1. The van der Waals surface area contributed by atoms with Crippen molar-refractivity contribution < 1.29 is 29.3 Å². The van der Waals surface area contributed by atoms with Crippen molar-refractivity contribution in [2.24, 2.45) is 5.41 Å². The number of rotatable bonds is 12. The average Bonchev–Trinajstić information content (AvgIpc) is 3.27. The summed E-state index contributed by atoms with van der Waals surface area (Å²) in [6.07, 6.45) is 4.21. The van der Waals surface area contributed by atoms with Crippen molar-refractivity contribution in [1.29, 1.82) is 0 Å². The lowest BCUT2D eigenvalue weighted by molar-refractivity contribution is 0.0690. The molecule has 0 spiro atoms. The van der Waals surface area contributed by atoms with Gasteiger partial charge in [0.25, 0.3) is 0 Å². The number of nitrogens with zero attached hydrogens (tertiary/aromatic N) is 2. The predicted octanol–water partition coefficient (Wildman–Crippen LogP) is 3.12. The third kappa shape index (κ3) is 6.98. The number of amides is 1. The van der Waals surface area contributed by atoms with Crippen molar-refractivity contribution in [1.82, 2.24) is 9.88 Å². The largest absolute Gasteiger partial charge is 0.476 e. The highest BCUT2D eigenvalue weighted by Crippen LogP contribution is 2.28. The molecule has 29 heavy (non-hydrogen) atoms. The van der Waals surface area contributed by atoms with Gasteiger partial charge in [-0.1, -0.05) is 37.8 Å². The Morgan fingerprint density at radius 2 is 2.34 bits per heavy atom. The first kappa shape index (κ1) is 23.7. The zero-order chi connectivity index (χ0) is 21.4. The van der Waals surface area contributed by atoms with E-state index in [2.05, 4.69) is 4.98 Å². The van der Waals surface area contributed by atoms with Crippen LogP contribution in [0.15, 0.2) is 21.9 Å². The molecule has 0 aliphatic carbocycles. The molecule has 1 aliphatic rings. The van der Waals surface area contributed by atoms with Crippen LogP contribution in [0, 0.1) is 5.41 Å². The Kier molecular flexibility index (Phi) is 8.94. The topological polar surface area (TPSA) is 109 Å². The number of carbonyl (C=O) groups excluding carboxylic acids is 1. The number of hydrogen-bond acceptors (Lipinski definition) is 8. The normalized spacial score (nSPS) is 18.4. The highest BCUT2D eigenvalue weighted by Gasteiger charge is 2.32. The van der Waals surface area contributed by atoms with Gasteiger partial charge in [-0.05, 0) is 18.3 Å². The molecule has 1 aromatic heterocycles. The first-order valence-electron chi connectivity index (χ1n) is 9.35. The number of methoxy groups -OCH3 is 1. The van der Waals surface area contributed by atoms with E-state index in [4.69, 9.17) is 14.6 Å². The Balaban J connectivity index is 1.86. The first-order valence-corrected chi connectivity index (χ1v) is 11.2. The van der Waals surface area contributed by atoms with E-state index in [9.17, 15) is 14.7 Å². The Morgan fingerprint density at radius 1 is 1.59 bits per heavy atom. The monoisotopic (exact) mass is 444 g/mol. The number of cyclic esters (lactones) is 1. The van der Waals surface area contributed by atoms with E-state index in [0.29, 0.717) is 23.2 Å². The minimum atomic E-state index is -1.05. The van der Waals surface area contributed by atoms with Crippen LogP contribution < -0.4 is 0 Å². The lowest BCUT2D eigenvalue weighted by atomic mass is 9.81. The SMILES string of the molecule is COCCCC(C)(C)[C@H](O)/C=C/[C@H]1COC(=O)N1CCSc1nc(C(=O)O)cs1. The average molecular weight is 445 g/mol. The van der Waals surface area contributed by atoms with Gasteiger partial charge in [0.1, 0.15) is 6.61 Å². The van der Waals surface area contributed by atoms with Crippen LogP contribution in [0.3, 0.4) is 0 Å². The Bertz CT molecular complexity index is 721. The molecule has 1 amide bonds. The van der Waals surface area contributed by atoms with E-state index in [1.54, 1.807) is 18.1 Å². The summed E-state index contributed by atoms with van der Waals surface area (Å²) >= 11 is 2.67. The number of aliphatic hydroxyl groups excluding tert-OH is 1. The fourth-order valence-electron chi connectivity index (χ4n) is 2.85. The van der Waals surface area contributed by atoms with Gasteiger partial charge in [0, 0.05) is 31.4 Å². The fraction of sp³-hybridized carbons (Fsp3) is 0.632. The predicted molar refractivity (Wildman–Crippen MR) is 112 cm³/mol. The number of carboxylic acid groups (broad SMARTS) is 1. The van der Waals surface area contributed by atoms with Crippen LogP contribution in [0.5, 0.6) is 0 Å². The summed E-state index contributed by atoms with van der Waals surface area (Å²) in [4.78, 5) is 28.5. The number of carbonyl (C=O) groups is 2. The third-order valence-corrected chi connectivity index (χ3v) is 6.76. The summed E-state index contributed by atoms with van der Waals surface area (Å²) in [6, 6.07) is -0.238. The van der Waals surface area contributed by atoms with Crippen molar-refractivity contribution in [3.8, 4) is 0 Å². The second-order valence-corrected chi connectivity index (χ2v) is 9.60. The van der Waals surface area contributed by atoms with Crippen LogP contribution in [0.25, 0.3) is 0 Å². The molecule has 8 nitrogen and oxygen atoms in total. The maximum atomic E-state index is 12.0. The first-order chi connectivity index (χ1) is 13.7. The van der Waals surface area contributed by atoms with Crippen LogP contribution >= 0.6 is 23.1 Å². The van der Waals surface area contributed by atoms with Gasteiger partial charge in [0.15, 0.2) is 10.0 Å². The van der Waals surface area contributed by atoms with Crippen molar-refractivity contribution in [3.05, 3.63) is 23.2 Å². The molecule has 10 heteroatoms. The van der Waals surface area contributed by atoms with Gasteiger partial charge in [-0.2, -0.15) is 0 Å². The number of aromatic carboxylic acids is 1. The number of thioether (sulfide) groups is 1. The van der Waals surface area contributed by atoms with Crippen LogP contribution in [-0.4, -0.2) is 76.9 Å². The van der Waals surface area contributed by atoms with E-state index in [1.165, 1.54) is 28.5 Å². The quantitative estimate of drug-likeness (QED) is 0.287. The number of aromatic nitrogens is 1. The Morgan fingerprint density at radius 3 is 3.00 bits per heavy atom. The van der Waals surface area contributed by atoms with E-state index in [1.807, 2.05) is 19.9 Å². The maximum absolute atomic E-state index is 12.0. The molecule has 2 atom stereocenters. The van der Waals surface area contributed by atoms with Gasteiger partial charge in [-0.25, -0.2) is 14.6 Å². The standard InChI is InChI=1S/C19H28N2O6S2/c1-19(2,7-4-9-26-3)15(22)6-5-13-11-27-18(25)21(13)8-10-28-17-20-14(12-29-17)16(23)24/h5-6,12-13,15,22H,4,7-11H2,1-3H3,(H,23,24)/b6-5+/t13-,15+/m0/s1. The Hall–Kier alpha value is -1.62. The summed E-state index contributed by atoms with van der Waals surface area (Å²) in [5.41, 5.74) is -0.271. The Labute approximate surface area is 178 Å². The van der Waals surface area contributed by atoms with Crippen molar-refractivity contribution in [3.63, 3.8) is 0 Å². The van der Waals surface area contributed by atoms with E-state index in [-0.39, 0.29) is 29.9 Å². The molecule has 0 radical (unpaired) electrons. The van der Waals surface area contributed by atoms with E-state index < -0.39 is 12.1 Å². The number of ether oxygens (including phenoxy) is 2. The summed E-state index contributed by atoms with van der Waals surface area (Å²) < 4.78 is 10.9. The highest BCUT2D eigenvalue weighted by atomic mass is 32.2. The number of hydrogen-bond donors (Lipinski definition) is 2. The minimum absolute atomic E-state index is 0.0287. The summed E-state index contributed by atoms with van der Waals surface area (Å²) in [5, 5.41) is 20.9. The molecule has 1 saturated heterocycles. The van der Waals surface area contributed by atoms with Crippen LogP contribution in [0.1, 0.15) is 37.2 Å². The number of aliphatic hydroxyl groups is 1. The van der Waals surface area contributed by atoms with Crippen LogP contribution in [-0.2, 0) is 9.47 Å². The summed E-state index contributed by atoms with van der Waals surface area (Å²) in [7, 11) is 1.66. The van der Waals surface area contributed by atoms with Crippen LogP contribution in [0.2, 0.25) is 0 Å². The summed E-state index contributed by atoms with van der Waals surface area (Å²) in [6.45, 7) is 5.35. The van der Waals surface area contributed by atoms with Crippen molar-refractivity contribution in [2.45, 2.75) is 43.2 Å². The van der Waals surface area contributed by atoms with Crippen molar-refractivity contribution >= 4 is 35.2 Å². The molecule has 162 valence electrons. The molecule has 0 aromatic carbocycles. The van der Waals surface area contributed by atoms with Gasteiger partial charge < -0.3 is 19.7 Å². The van der Waals surface area contributed by atoms with Gasteiger partial charge in [0.2, 0.25) is 0 Å². The molecule has 1 fully saturated rings. The second-order valence-electron chi connectivity index (χ2n) is 7.40. The maximum Gasteiger partial charge on any atom is 0.410 e. The van der Waals surface area contributed by atoms with Gasteiger partial charge >= 0.3 is 12.1 Å². The molecular weight excluding hydrogens is 416 g/mol. The zero-order valence-corrected chi connectivity index (χ0v) is 18.5. The molecule has 0 bridgehead atoms. The van der Waals surface area contributed by atoms with Crippen molar-refractivity contribution in [2.75, 3.05) is 32.6 Å². The molecular formula is C19H28N2O6S2. The van der Waals surface area contributed by atoms with E-state index >= 15 is 0 Å². The van der Waals surface area contributed by atoms with E-state index in [0.717, 1.165) is 12.8 Å². The molecule has 0 saturated carbocycles. The zero-order valence-electron chi connectivity index (χ0n) is 16.9. The fourth-order valence-corrected chi connectivity index (χ4v) is 4.66. The minimum Gasteiger partial charge on any atom is -0.476 e. The molecule has 2 rings (SSSR count). The second kappa shape index (κ2) is 11.0. The van der Waals surface area contributed by atoms with Gasteiger partial charge in [0.05, 0.1) is 12.1 Å². The molecule has 2 N–H and O–H groups in total. The lowest BCUT2D eigenvalue weighted by Gasteiger charge is -2.29. The lowest BCUT2D eigenvalue weighted by Crippen LogP contribution is -2.35. The smallest absolute Gasteiger partial charge is 0.410 e. The van der Waals surface area contributed by atoms with Gasteiger partial charge in [-0.3, -0.25) is 4.90 Å². The summed E-state index contributed by atoms with van der Waals surface area (Å²) in [5.74, 6) is -0.484. The van der Waals surface area contributed by atoms with Gasteiger partial charge in [-0.15, -0.1) is 11.3 Å². The van der Waals surface area contributed by atoms with Crippen LogP contribution in [0.4, 0.5) is 4.79 Å². The molecule has 0 unspecified atom stereocenters. The third-order valence-electron chi connectivity index (χ3n) is 4.76. The molecule has 2 heterocycles. The molecule has 1 aliphatic heterocycles. The number of thiazole rings is 1. The highest BCUT2D eigenvalue weighted by molar-refractivity contribution is 8.01. The molecule has 1 aromatic rings.